The number of carbonyl (C=O) groups is 1. The van der Waals surface area contributed by atoms with Crippen LogP contribution in [0.2, 0.25) is 0 Å². The summed E-state index contributed by atoms with van der Waals surface area (Å²) in [5.41, 5.74) is 1.43. The van der Waals surface area contributed by atoms with E-state index in [1.165, 1.54) is 5.57 Å². The lowest BCUT2D eigenvalue weighted by Gasteiger charge is -2.25. The van der Waals surface area contributed by atoms with Gasteiger partial charge in [-0.3, -0.25) is 9.89 Å². The molecule has 4 unspecified atom stereocenters. The minimum atomic E-state index is -0.681. The third-order valence-corrected chi connectivity index (χ3v) is 5.52. The van der Waals surface area contributed by atoms with E-state index in [1.54, 1.807) is 6.33 Å². The molecule has 0 aromatic carbocycles. The van der Waals surface area contributed by atoms with Gasteiger partial charge in [-0.2, -0.15) is 5.10 Å². The van der Waals surface area contributed by atoms with Gasteiger partial charge in [-0.1, -0.05) is 39.3 Å². The first-order chi connectivity index (χ1) is 11.9. The van der Waals surface area contributed by atoms with Gasteiger partial charge in [0.05, 0.1) is 5.92 Å². The molecule has 0 saturated heterocycles. The number of allylic oxidation sites excluding steroid dienone is 2. The molecule has 1 rings (SSSR count). The van der Waals surface area contributed by atoms with Gasteiger partial charge in [-0.05, 0) is 57.3 Å². The smallest absolute Gasteiger partial charge is 0.306 e. The second-order valence-electron chi connectivity index (χ2n) is 7.34. The number of hydrogen-bond donors (Lipinski definition) is 2. The van der Waals surface area contributed by atoms with Gasteiger partial charge in [0.25, 0.3) is 0 Å². The van der Waals surface area contributed by atoms with Crippen LogP contribution in [0.1, 0.15) is 84.9 Å². The van der Waals surface area contributed by atoms with Crippen LogP contribution in [0.15, 0.2) is 18.0 Å². The summed E-state index contributed by atoms with van der Waals surface area (Å²) in [5, 5.41) is 16.4. The molecular weight excluding hydrogens is 314 g/mol. The Balaban J connectivity index is 2.69. The van der Waals surface area contributed by atoms with Crippen molar-refractivity contribution in [1.82, 2.24) is 15.2 Å². The zero-order valence-corrected chi connectivity index (χ0v) is 16.5. The summed E-state index contributed by atoms with van der Waals surface area (Å²) in [7, 11) is 0. The quantitative estimate of drug-likeness (QED) is 0.509. The summed E-state index contributed by atoms with van der Waals surface area (Å²) in [6.45, 7) is 10.6. The fourth-order valence-corrected chi connectivity index (χ4v) is 3.49. The molecule has 1 aromatic rings. The number of carboxylic acid groups (broad SMARTS) is 1. The molecule has 0 aliphatic carbocycles. The number of rotatable bonds is 12. The van der Waals surface area contributed by atoms with E-state index < -0.39 is 5.97 Å². The van der Waals surface area contributed by atoms with Crippen LogP contribution in [0, 0.1) is 17.8 Å². The molecule has 0 spiro atoms. The third kappa shape index (κ3) is 7.00. The number of hydrogen-bond acceptors (Lipinski definition) is 3. The summed E-state index contributed by atoms with van der Waals surface area (Å²) in [6.07, 6.45) is 9.69. The Morgan fingerprint density at radius 3 is 2.48 bits per heavy atom. The van der Waals surface area contributed by atoms with E-state index in [0.717, 1.165) is 37.9 Å². The third-order valence-electron chi connectivity index (χ3n) is 5.52. The van der Waals surface area contributed by atoms with E-state index in [4.69, 9.17) is 0 Å². The Bertz CT molecular complexity index is 525. The van der Waals surface area contributed by atoms with Gasteiger partial charge < -0.3 is 5.11 Å². The maximum Gasteiger partial charge on any atom is 0.306 e. The molecule has 0 bridgehead atoms. The molecule has 1 heterocycles. The van der Waals surface area contributed by atoms with Crippen molar-refractivity contribution in [3.63, 3.8) is 0 Å². The van der Waals surface area contributed by atoms with Crippen molar-refractivity contribution in [3.8, 4) is 0 Å². The van der Waals surface area contributed by atoms with Crippen molar-refractivity contribution in [1.29, 1.82) is 0 Å². The van der Waals surface area contributed by atoms with Gasteiger partial charge in [0.2, 0.25) is 0 Å². The van der Waals surface area contributed by atoms with E-state index in [0.29, 0.717) is 18.3 Å². The van der Waals surface area contributed by atoms with Crippen LogP contribution in [-0.4, -0.2) is 26.3 Å². The lowest BCUT2D eigenvalue weighted by molar-refractivity contribution is -0.143. The lowest BCUT2D eigenvalue weighted by atomic mass is 9.80. The minimum Gasteiger partial charge on any atom is -0.481 e. The predicted octanol–water partition coefficient (Wildman–Crippen LogP) is 5.19. The van der Waals surface area contributed by atoms with Crippen LogP contribution < -0.4 is 0 Å². The van der Waals surface area contributed by atoms with E-state index in [2.05, 4.69) is 49.0 Å². The standard InChI is InChI=1S/C20H35N3O2/c1-6-14(3)9-8-10-15(4)18(19-21-13-22-23-19)12-11-16(5)17(7-2)20(24)25/h9,13,15-18H,6-8,10-12H2,1-5H3,(H,24,25)(H,21,22,23). The topological polar surface area (TPSA) is 78.9 Å². The van der Waals surface area contributed by atoms with Gasteiger partial charge in [0.1, 0.15) is 12.2 Å². The molecule has 0 radical (unpaired) electrons. The molecule has 5 heteroatoms. The summed E-state index contributed by atoms with van der Waals surface area (Å²) in [5.74, 6) is 0.930. The highest BCUT2D eigenvalue weighted by Crippen LogP contribution is 2.33. The maximum absolute atomic E-state index is 11.4. The molecule has 142 valence electrons. The van der Waals surface area contributed by atoms with E-state index in [9.17, 15) is 9.90 Å². The number of aromatic nitrogens is 3. The summed E-state index contributed by atoms with van der Waals surface area (Å²) in [6, 6.07) is 0. The van der Waals surface area contributed by atoms with Gasteiger partial charge in [0.15, 0.2) is 0 Å². The zero-order chi connectivity index (χ0) is 18.8. The predicted molar refractivity (Wildman–Crippen MR) is 101 cm³/mol. The molecule has 0 aliphatic heterocycles. The molecule has 2 N–H and O–H groups in total. The van der Waals surface area contributed by atoms with Gasteiger partial charge in [0, 0.05) is 5.92 Å². The number of carboxylic acids is 1. The fraction of sp³-hybridized carbons (Fsp3) is 0.750. The van der Waals surface area contributed by atoms with Crippen molar-refractivity contribution in [2.75, 3.05) is 0 Å². The Labute approximate surface area is 152 Å². The molecule has 1 aromatic heterocycles. The Morgan fingerprint density at radius 1 is 1.24 bits per heavy atom. The molecule has 0 saturated carbocycles. The normalized spacial score (nSPS) is 17.1. The summed E-state index contributed by atoms with van der Waals surface area (Å²) in [4.78, 5) is 15.8. The van der Waals surface area contributed by atoms with Gasteiger partial charge in [-0.25, -0.2) is 4.98 Å². The van der Waals surface area contributed by atoms with Gasteiger partial charge in [-0.15, -0.1) is 0 Å². The molecule has 25 heavy (non-hydrogen) atoms. The van der Waals surface area contributed by atoms with E-state index >= 15 is 0 Å². The molecule has 4 atom stereocenters. The van der Waals surface area contributed by atoms with Crippen LogP contribution >= 0.6 is 0 Å². The first-order valence-corrected chi connectivity index (χ1v) is 9.64. The van der Waals surface area contributed by atoms with E-state index in [1.807, 2.05) is 6.92 Å². The number of aromatic amines is 1. The second kappa shape index (κ2) is 11.1. The van der Waals surface area contributed by atoms with Crippen LogP contribution in [0.4, 0.5) is 0 Å². The number of H-pyrrole nitrogens is 1. The minimum absolute atomic E-state index is 0.169. The number of nitrogens with zero attached hydrogens (tertiary/aromatic N) is 2. The molecule has 0 amide bonds. The van der Waals surface area contributed by atoms with Crippen molar-refractivity contribution in [2.45, 2.75) is 79.1 Å². The maximum atomic E-state index is 11.4. The van der Waals surface area contributed by atoms with Crippen molar-refractivity contribution < 1.29 is 9.90 Å². The lowest BCUT2D eigenvalue weighted by Crippen LogP contribution is -2.22. The van der Waals surface area contributed by atoms with Crippen molar-refractivity contribution in [3.05, 3.63) is 23.8 Å². The first kappa shape index (κ1) is 21.4. The highest BCUT2D eigenvalue weighted by Gasteiger charge is 2.26. The second-order valence-corrected chi connectivity index (χ2v) is 7.34. The molecule has 0 fully saturated rings. The highest BCUT2D eigenvalue weighted by molar-refractivity contribution is 5.70. The highest BCUT2D eigenvalue weighted by atomic mass is 16.4. The number of aliphatic carboxylic acids is 1. The number of nitrogens with one attached hydrogen (secondary N) is 1. The Morgan fingerprint density at radius 2 is 1.96 bits per heavy atom. The Hall–Kier alpha value is -1.65. The van der Waals surface area contributed by atoms with Crippen molar-refractivity contribution >= 4 is 5.97 Å². The first-order valence-electron chi connectivity index (χ1n) is 9.64. The Kier molecular flexibility index (Phi) is 9.46. The monoisotopic (exact) mass is 349 g/mol. The summed E-state index contributed by atoms with van der Waals surface area (Å²) < 4.78 is 0. The molecule has 5 nitrogen and oxygen atoms in total. The van der Waals surface area contributed by atoms with E-state index in [-0.39, 0.29) is 11.8 Å². The van der Waals surface area contributed by atoms with Crippen LogP contribution in [0.3, 0.4) is 0 Å². The largest absolute Gasteiger partial charge is 0.481 e. The van der Waals surface area contributed by atoms with Crippen molar-refractivity contribution in [2.24, 2.45) is 17.8 Å². The average Bonchev–Trinajstić information content (AvgIpc) is 3.09. The zero-order valence-electron chi connectivity index (χ0n) is 16.5. The van der Waals surface area contributed by atoms with Crippen LogP contribution in [0.25, 0.3) is 0 Å². The van der Waals surface area contributed by atoms with Crippen LogP contribution in [0.5, 0.6) is 0 Å². The van der Waals surface area contributed by atoms with Gasteiger partial charge >= 0.3 is 5.97 Å². The fourth-order valence-electron chi connectivity index (χ4n) is 3.49. The summed E-state index contributed by atoms with van der Waals surface area (Å²) >= 11 is 0. The molecular formula is C20H35N3O2. The SMILES string of the molecule is CCC(C)=CCCC(C)C(CCC(C)C(CC)C(=O)O)c1ncn[nH]1. The van der Waals surface area contributed by atoms with Crippen LogP contribution in [-0.2, 0) is 4.79 Å². The molecule has 0 aliphatic rings. The average molecular weight is 350 g/mol.